The van der Waals surface area contributed by atoms with Crippen molar-refractivity contribution in [3.63, 3.8) is 0 Å². The number of rotatable bonds is 4. The Bertz CT molecular complexity index is 897. The topological polar surface area (TPSA) is 79.7 Å². The molecule has 0 bridgehead atoms. The SMILES string of the molecule is Cc1[nH]cnc1-c1nnc2n1[C@@H](C)C(=O)N(CCc1ccccc1)C2. The van der Waals surface area contributed by atoms with Gasteiger partial charge in [-0.2, -0.15) is 0 Å². The lowest BCUT2D eigenvalue weighted by Gasteiger charge is -2.32. The minimum absolute atomic E-state index is 0.0951. The van der Waals surface area contributed by atoms with Crippen molar-refractivity contribution in [2.45, 2.75) is 32.9 Å². The van der Waals surface area contributed by atoms with E-state index < -0.39 is 0 Å². The lowest BCUT2D eigenvalue weighted by molar-refractivity contribution is -0.136. The summed E-state index contributed by atoms with van der Waals surface area (Å²) in [5.74, 6) is 1.55. The first kappa shape index (κ1) is 15.6. The van der Waals surface area contributed by atoms with Gasteiger partial charge in [0.15, 0.2) is 11.6 Å². The molecular formula is C18H20N6O. The fourth-order valence-corrected chi connectivity index (χ4v) is 3.31. The van der Waals surface area contributed by atoms with E-state index in [2.05, 4.69) is 32.3 Å². The van der Waals surface area contributed by atoms with E-state index >= 15 is 0 Å². The van der Waals surface area contributed by atoms with E-state index in [1.165, 1.54) is 5.56 Å². The molecule has 2 aromatic heterocycles. The average molecular weight is 336 g/mol. The zero-order valence-electron chi connectivity index (χ0n) is 14.3. The molecule has 0 saturated carbocycles. The monoisotopic (exact) mass is 336 g/mol. The Kier molecular flexibility index (Phi) is 3.83. The lowest BCUT2D eigenvalue weighted by Crippen LogP contribution is -2.42. The van der Waals surface area contributed by atoms with E-state index in [-0.39, 0.29) is 11.9 Å². The number of amides is 1. The number of carbonyl (C=O) groups is 1. The minimum atomic E-state index is -0.333. The van der Waals surface area contributed by atoms with Crippen molar-refractivity contribution in [3.05, 3.63) is 53.7 Å². The summed E-state index contributed by atoms with van der Waals surface area (Å²) in [6.07, 6.45) is 2.46. The predicted molar refractivity (Wildman–Crippen MR) is 92.6 cm³/mol. The molecule has 1 aliphatic heterocycles. The normalized spacial score (nSPS) is 17.0. The van der Waals surface area contributed by atoms with Crippen LogP contribution in [0.2, 0.25) is 0 Å². The van der Waals surface area contributed by atoms with Gasteiger partial charge in [-0.05, 0) is 25.8 Å². The van der Waals surface area contributed by atoms with E-state index in [4.69, 9.17) is 0 Å². The second kappa shape index (κ2) is 6.16. The number of hydrogen-bond donors (Lipinski definition) is 1. The number of imidazole rings is 1. The quantitative estimate of drug-likeness (QED) is 0.791. The zero-order valence-corrected chi connectivity index (χ0v) is 14.3. The average Bonchev–Trinajstić information content (AvgIpc) is 3.23. The number of nitrogens with one attached hydrogen (secondary N) is 1. The van der Waals surface area contributed by atoms with Crippen LogP contribution in [0.4, 0.5) is 0 Å². The molecule has 25 heavy (non-hydrogen) atoms. The van der Waals surface area contributed by atoms with Gasteiger partial charge in [0, 0.05) is 12.2 Å². The maximum absolute atomic E-state index is 12.8. The second-order valence-corrected chi connectivity index (χ2v) is 6.36. The van der Waals surface area contributed by atoms with Crippen LogP contribution in [0.3, 0.4) is 0 Å². The van der Waals surface area contributed by atoms with Crippen molar-refractivity contribution in [3.8, 4) is 11.5 Å². The number of carbonyl (C=O) groups excluding carboxylic acids is 1. The van der Waals surface area contributed by atoms with Crippen molar-refractivity contribution >= 4 is 5.91 Å². The van der Waals surface area contributed by atoms with E-state index in [9.17, 15) is 4.79 Å². The molecule has 0 spiro atoms. The largest absolute Gasteiger partial charge is 0.348 e. The third-order valence-corrected chi connectivity index (χ3v) is 4.71. The lowest BCUT2D eigenvalue weighted by atomic mass is 10.1. The van der Waals surface area contributed by atoms with Crippen molar-refractivity contribution in [2.24, 2.45) is 0 Å². The minimum Gasteiger partial charge on any atom is -0.348 e. The number of hydrogen-bond acceptors (Lipinski definition) is 4. The van der Waals surface area contributed by atoms with E-state index in [0.29, 0.717) is 18.9 Å². The van der Waals surface area contributed by atoms with Crippen LogP contribution in [0.5, 0.6) is 0 Å². The van der Waals surface area contributed by atoms with Crippen LogP contribution in [-0.2, 0) is 17.8 Å². The van der Waals surface area contributed by atoms with Crippen LogP contribution in [0, 0.1) is 6.92 Å². The maximum atomic E-state index is 12.8. The molecule has 1 atom stereocenters. The standard InChI is InChI=1S/C18H20N6O/c1-12-16(20-11-19-12)17-22-21-15-10-23(18(25)13(2)24(15)17)9-8-14-6-4-3-5-7-14/h3-7,11,13H,8-10H2,1-2H3,(H,19,20)/t13-/m0/s1. The second-order valence-electron chi connectivity index (χ2n) is 6.36. The van der Waals surface area contributed by atoms with Gasteiger partial charge in [0.25, 0.3) is 0 Å². The number of benzene rings is 1. The number of aryl methyl sites for hydroxylation is 1. The molecule has 0 unspecified atom stereocenters. The van der Waals surface area contributed by atoms with Gasteiger partial charge in [0.2, 0.25) is 5.91 Å². The highest BCUT2D eigenvalue weighted by molar-refractivity contribution is 5.82. The van der Waals surface area contributed by atoms with Crippen LogP contribution in [0.15, 0.2) is 36.7 Å². The van der Waals surface area contributed by atoms with Gasteiger partial charge in [0.05, 0.1) is 12.9 Å². The molecule has 0 fully saturated rings. The Morgan fingerprint density at radius 2 is 2.04 bits per heavy atom. The Hall–Kier alpha value is -2.96. The first-order valence-corrected chi connectivity index (χ1v) is 8.42. The van der Waals surface area contributed by atoms with Crippen molar-refractivity contribution in [1.29, 1.82) is 0 Å². The van der Waals surface area contributed by atoms with Crippen LogP contribution >= 0.6 is 0 Å². The van der Waals surface area contributed by atoms with Gasteiger partial charge < -0.3 is 9.88 Å². The zero-order chi connectivity index (χ0) is 17.4. The fourth-order valence-electron chi connectivity index (χ4n) is 3.31. The van der Waals surface area contributed by atoms with Gasteiger partial charge in [-0.1, -0.05) is 30.3 Å². The van der Waals surface area contributed by atoms with Crippen LogP contribution in [0.1, 0.15) is 30.0 Å². The molecular weight excluding hydrogens is 316 g/mol. The summed E-state index contributed by atoms with van der Waals surface area (Å²) >= 11 is 0. The molecule has 3 aromatic rings. The van der Waals surface area contributed by atoms with E-state index in [1.54, 1.807) is 6.33 Å². The summed E-state index contributed by atoms with van der Waals surface area (Å²) in [7, 11) is 0. The van der Waals surface area contributed by atoms with Gasteiger partial charge in [-0.3, -0.25) is 9.36 Å². The third-order valence-electron chi connectivity index (χ3n) is 4.71. The molecule has 4 rings (SSSR count). The van der Waals surface area contributed by atoms with E-state index in [1.807, 2.05) is 41.5 Å². The van der Waals surface area contributed by atoms with Crippen molar-refractivity contribution in [1.82, 2.24) is 29.6 Å². The summed E-state index contributed by atoms with van der Waals surface area (Å²) in [4.78, 5) is 22.1. The molecule has 7 heteroatoms. The van der Waals surface area contributed by atoms with Crippen LogP contribution in [-0.4, -0.2) is 42.1 Å². The highest BCUT2D eigenvalue weighted by Crippen LogP contribution is 2.28. The Morgan fingerprint density at radius 1 is 1.24 bits per heavy atom. The molecule has 0 radical (unpaired) electrons. The number of nitrogens with zero attached hydrogens (tertiary/aromatic N) is 5. The molecule has 1 aliphatic rings. The first-order valence-electron chi connectivity index (χ1n) is 8.42. The molecule has 0 aliphatic carbocycles. The highest BCUT2D eigenvalue weighted by Gasteiger charge is 2.34. The molecule has 3 heterocycles. The van der Waals surface area contributed by atoms with Crippen molar-refractivity contribution < 1.29 is 4.79 Å². The van der Waals surface area contributed by atoms with Crippen LogP contribution < -0.4 is 0 Å². The van der Waals surface area contributed by atoms with Gasteiger partial charge in [-0.15, -0.1) is 10.2 Å². The number of fused-ring (bicyclic) bond motifs is 1. The highest BCUT2D eigenvalue weighted by atomic mass is 16.2. The molecule has 7 nitrogen and oxygen atoms in total. The van der Waals surface area contributed by atoms with E-state index in [0.717, 1.165) is 23.6 Å². The number of aromatic nitrogens is 5. The Morgan fingerprint density at radius 3 is 2.76 bits per heavy atom. The van der Waals surface area contributed by atoms with Crippen LogP contribution in [0.25, 0.3) is 11.5 Å². The molecule has 128 valence electrons. The molecule has 1 N–H and O–H groups in total. The third kappa shape index (κ3) is 2.71. The summed E-state index contributed by atoms with van der Waals surface area (Å²) in [5.41, 5.74) is 2.89. The fraction of sp³-hybridized carbons (Fsp3) is 0.333. The number of H-pyrrole nitrogens is 1. The van der Waals surface area contributed by atoms with Gasteiger partial charge in [0.1, 0.15) is 11.7 Å². The first-order chi connectivity index (χ1) is 12.1. The van der Waals surface area contributed by atoms with Gasteiger partial charge in [-0.25, -0.2) is 4.98 Å². The molecule has 1 amide bonds. The maximum Gasteiger partial charge on any atom is 0.245 e. The summed E-state index contributed by atoms with van der Waals surface area (Å²) in [6.45, 7) is 4.99. The summed E-state index contributed by atoms with van der Waals surface area (Å²) < 4.78 is 1.91. The van der Waals surface area contributed by atoms with Crippen molar-refractivity contribution in [2.75, 3.05) is 6.54 Å². The summed E-state index contributed by atoms with van der Waals surface area (Å²) in [6, 6.07) is 9.87. The smallest absolute Gasteiger partial charge is 0.245 e. The van der Waals surface area contributed by atoms with Gasteiger partial charge >= 0.3 is 0 Å². The Labute approximate surface area is 145 Å². The molecule has 0 saturated heterocycles. The predicted octanol–water partition coefficient (Wildman–Crippen LogP) is 2.12. The summed E-state index contributed by atoms with van der Waals surface area (Å²) in [5, 5.41) is 8.60. The number of aromatic amines is 1. The molecule has 1 aromatic carbocycles. The Balaban J connectivity index is 1.58.